The molecule has 0 atom stereocenters. The van der Waals surface area contributed by atoms with Gasteiger partial charge in [0.1, 0.15) is 19.0 Å². The molecular formula is C18H23FN4O3. The number of aromatic nitrogens is 3. The highest BCUT2D eigenvalue weighted by Crippen LogP contribution is 2.15. The van der Waals surface area contributed by atoms with E-state index in [2.05, 4.69) is 5.10 Å². The molecule has 7 nitrogen and oxygen atoms in total. The van der Waals surface area contributed by atoms with Crippen LogP contribution in [0.1, 0.15) is 25.1 Å². The van der Waals surface area contributed by atoms with Crippen LogP contribution in [-0.4, -0.2) is 45.4 Å². The maximum atomic E-state index is 13.5. The minimum atomic E-state index is -0.437. The number of likely N-dealkylation sites (N-methyl/N-ethyl adjacent to an activating group) is 1. The monoisotopic (exact) mass is 362 g/mol. The molecule has 1 aliphatic rings. The van der Waals surface area contributed by atoms with Crippen LogP contribution in [0.15, 0.2) is 29.1 Å². The summed E-state index contributed by atoms with van der Waals surface area (Å²) in [7, 11) is 1.62. The molecule has 26 heavy (non-hydrogen) atoms. The second kappa shape index (κ2) is 8.16. The molecule has 1 aromatic carbocycles. The fourth-order valence-electron chi connectivity index (χ4n) is 2.96. The summed E-state index contributed by atoms with van der Waals surface area (Å²) in [5.74, 6) is 0.235. The number of amides is 1. The third-order valence-electron chi connectivity index (χ3n) is 4.51. The molecule has 1 aliphatic heterocycles. The van der Waals surface area contributed by atoms with Gasteiger partial charge in [-0.1, -0.05) is 18.6 Å². The number of hydrogen-bond donors (Lipinski definition) is 0. The number of para-hydroxylation sites is 1. The van der Waals surface area contributed by atoms with Gasteiger partial charge in [-0.05, 0) is 25.0 Å². The van der Waals surface area contributed by atoms with Gasteiger partial charge in [0.15, 0.2) is 11.6 Å². The van der Waals surface area contributed by atoms with Crippen molar-refractivity contribution < 1.29 is 13.9 Å². The van der Waals surface area contributed by atoms with Crippen molar-refractivity contribution >= 4 is 5.91 Å². The SMILES string of the molecule is CN(CCOc1ccccc1F)C(=O)Cn1nc2n(c1=O)CCCCC2. The molecule has 8 heteroatoms. The highest BCUT2D eigenvalue weighted by Gasteiger charge is 2.18. The minimum absolute atomic E-state index is 0.102. The molecule has 0 saturated carbocycles. The van der Waals surface area contributed by atoms with Crippen LogP contribution in [0.5, 0.6) is 5.75 Å². The molecule has 0 unspecified atom stereocenters. The standard InChI is InChI=1S/C18H23FN4O3/c1-21(11-12-26-15-8-5-4-7-14(15)19)17(24)13-23-18(25)22-10-6-2-3-9-16(22)20-23/h4-5,7-8H,2-3,6,9-13H2,1H3. The largest absolute Gasteiger partial charge is 0.489 e. The normalized spacial score (nSPS) is 13.8. The summed E-state index contributed by atoms with van der Waals surface area (Å²) >= 11 is 0. The lowest BCUT2D eigenvalue weighted by molar-refractivity contribution is -0.131. The van der Waals surface area contributed by atoms with Crippen LogP contribution in [0.2, 0.25) is 0 Å². The summed E-state index contributed by atoms with van der Waals surface area (Å²) in [6, 6.07) is 6.12. The average Bonchev–Trinajstić information content (AvgIpc) is 2.79. The second-order valence-electron chi connectivity index (χ2n) is 6.41. The molecule has 0 radical (unpaired) electrons. The van der Waals surface area contributed by atoms with Gasteiger partial charge in [-0.15, -0.1) is 0 Å². The van der Waals surface area contributed by atoms with Gasteiger partial charge in [-0.2, -0.15) is 5.10 Å². The van der Waals surface area contributed by atoms with Gasteiger partial charge in [0.2, 0.25) is 5.91 Å². The van der Waals surface area contributed by atoms with E-state index in [-0.39, 0.29) is 37.0 Å². The summed E-state index contributed by atoms with van der Waals surface area (Å²) in [4.78, 5) is 26.2. The van der Waals surface area contributed by atoms with Crippen molar-refractivity contribution in [3.63, 3.8) is 0 Å². The zero-order chi connectivity index (χ0) is 18.5. The number of carbonyl (C=O) groups is 1. The van der Waals surface area contributed by atoms with Gasteiger partial charge in [0.25, 0.3) is 0 Å². The van der Waals surface area contributed by atoms with Gasteiger partial charge in [0, 0.05) is 20.0 Å². The summed E-state index contributed by atoms with van der Waals surface area (Å²) < 4.78 is 21.7. The Morgan fingerprint density at radius 2 is 2.12 bits per heavy atom. The third-order valence-corrected chi connectivity index (χ3v) is 4.51. The van der Waals surface area contributed by atoms with Crippen molar-refractivity contribution in [2.45, 2.75) is 38.8 Å². The lowest BCUT2D eigenvalue weighted by atomic mass is 10.2. The van der Waals surface area contributed by atoms with Crippen LogP contribution in [-0.2, 0) is 24.3 Å². The van der Waals surface area contributed by atoms with E-state index < -0.39 is 5.82 Å². The Labute approximate surface area is 151 Å². The number of ether oxygens (including phenoxy) is 1. The molecule has 0 fully saturated rings. The van der Waals surface area contributed by atoms with Crippen molar-refractivity contribution in [1.29, 1.82) is 0 Å². The molecule has 1 aromatic heterocycles. The minimum Gasteiger partial charge on any atom is -0.489 e. The molecule has 2 aromatic rings. The van der Waals surface area contributed by atoms with E-state index in [0.717, 1.165) is 31.5 Å². The van der Waals surface area contributed by atoms with Crippen molar-refractivity contribution in [1.82, 2.24) is 19.2 Å². The van der Waals surface area contributed by atoms with Crippen molar-refractivity contribution in [3.8, 4) is 5.75 Å². The fraction of sp³-hybridized carbons (Fsp3) is 0.500. The van der Waals surface area contributed by atoms with E-state index >= 15 is 0 Å². The van der Waals surface area contributed by atoms with Crippen LogP contribution in [0.4, 0.5) is 4.39 Å². The highest BCUT2D eigenvalue weighted by atomic mass is 19.1. The van der Waals surface area contributed by atoms with E-state index in [9.17, 15) is 14.0 Å². The lowest BCUT2D eigenvalue weighted by Gasteiger charge is -2.17. The molecule has 0 aliphatic carbocycles. The first-order valence-corrected chi connectivity index (χ1v) is 8.84. The lowest BCUT2D eigenvalue weighted by Crippen LogP contribution is -2.37. The Balaban J connectivity index is 1.55. The van der Waals surface area contributed by atoms with Crippen LogP contribution < -0.4 is 10.4 Å². The average molecular weight is 362 g/mol. The van der Waals surface area contributed by atoms with Crippen molar-refractivity contribution in [3.05, 3.63) is 46.4 Å². The Kier molecular flexibility index (Phi) is 5.70. The van der Waals surface area contributed by atoms with E-state index in [1.54, 1.807) is 23.7 Å². The molecule has 0 bridgehead atoms. The number of aryl methyl sites for hydroxylation is 1. The summed E-state index contributed by atoms with van der Waals surface area (Å²) in [5.41, 5.74) is -0.230. The molecule has 0 spiro atoms. The molecule has 140 valence electrons. The number of nitrogens with zero attached hydrogens (tertiary/aromatic N) is 4. The van der Waals surface area contributed by atoms with Crippen LogP contribution >= 0.6 is 0 Å². The van der Waals surface area contributed by atoms with Gasteiger partial charge in [-0.3, -0.25) is 9.36 Å². The topological polar surface area (TPSA) is 69.4 Å². The summed E-state index contributed by atoms with van der Waals surface area (Å²) in [6.45, 7) is 1.01. The van der Waals surface area contributed by atoms with E-state index in [1.807, 2.05) is 0 Å². The number of carbonyl (C=O) groups excluding carboxylic acids is 1. The Hall–Kier alpha value is -2.64. The van der Waals surface area contributed by atoms with E-state index in [4.69, 9.17) is 4.74 Å². The number of rotatable bonds is 6. The molecule has 0 saturated heterocycles. The Morgan fingerprint density at radius 3 is 2.92 bits per heavy atom. The van der Waals surface area contributed by atoms with E-state index in [0.29, 0.717) is 6.54 Å². The first-order valence-electron chi connectivity index (χ1n) is 8.84. The van der Waals surface area contributed by atoms with Gasteiger partial charge in [-0.25, -0.2) is 13.9 Å². The van der Waals surface area contributed by atoms with Gasteiger partial charge >= 0.3 is 5.69 Å². The predicted octanol–water partition coefficient (Wildman–Crippen LogP) is 1.45. The first-order chi connectivity index (χ1) is 12.6. The maximum absolute atomic E-state index is 13.5. The molecule has 1 amide bonds. The van der Waals surface area contributed by atoms with Crippen LogP contribution in [0.3, 0.4) is 0 Å². The Morgan fingerprint density at radius 1 is 1.31 bits per heavy atom. The Bertz CT molecular complexity index is 830. The zero-order valence-electron chi connectivity index (χ0n) is 14.9. The fourth-order valence-corrected chi connectivity index (χ4v) is 2.96. The zero-order valence-corrected chi connectivity index (χ0v) is 14.9. The molecular weight excluding hydrogens is 339 g/mol. The number of hydrogen-bond acceptors (Lipinski definition) is 4. The smallest absolute Gasteiger partial charge is 0.346 e. The number of fused-ring (bicyclic) bond motifs is 1. The first kappa shape index (κ1) is 18.2. The molecule has 2 heterocycles. The van der Waals surface area contributed by atoms with Gasteiger partial charge in [0.05, 0.1) is 6.54 Å². The van der Waals surface area contributed by atoms with Crippen LogP contribution in [0.25, 0.3) is 0 Å². The summed E-state index contributed by atoms with van der Waals surface area (Å²) in [5, 5.41) is 4.31. The predicted molar refractivity (Wildman–Crippen MR) is 93.6 cm³/mol. The quantitative estimate of drug-likeness (QED) is 0.780. The van der Waals surface area contributed by atoms with Gasteiger partial charge < -0.3 is 9.64 Å². The van der Waals surface area contributed by atoms with Crippen molar-refractivity contribution in [2.24, 2.45) is 0 Å². The van der Waals surface area contributed by atoms with Crippen molar-refractivity contribution in [2.75, 3.05) is 20.2 Å². The number of halogens is 1. The maximum Gasteiger partial charge on any atom is 0.346 e. The summed E-state index contributed by atoms with van der Waals surface area (Å²) in [6.07, 6.45) is 3.83. The highest BCUT2D eigenvalue weighted by molar-refractivity contribution is 5.75. The number of benzene rings is 1. The third kappa shape index (κ3) is 4.12. The van der Waals surface area contributed by atoms with E-state index in [1.165, 1.54) is 21.7 Å². The molecule has 3 rings (SSSR count). The molecule has 0 N–H and O–H groups in total. The second-order valence-corrected chi connectivity index (χ2v) is 6.41. The van der Waals surface area contributed by atoms with Crippen LogP contribution in [0, 0.1) is 5.82 Å².